The lowest BCUT2D eigenvalue weighted by atomic mass is 10.1. The number of carboxylic acid groups (broad SMARTS) is 1. The maximum atomic E-state index is 12.6. The smallest absolute Gasteiger partial charge is 0.326 e. The molecule has 0 unspecified atom stereocenters. The topological polar surface area (TPSA) is 84.2 Å². The molecule has 3 aromatic rings. The third kappa shape index (κ3) is 3.62. The number of carbonyl (C=O) groups excluding carboxylic acids is 1. The van der Waals surface area contributed by atoms with Crippen molar-refractivity contribution in [2.24, 2.45) is 7.05 Å². The summed E-state index contributed by atoms with van der Waals surface area (Å²) in [5.74, 6) is -1.17. The number of nitrogens with one attached hydrogen (secondary N) is 1. The number of amides is 1. The molecule has 0 aliphatic heterocycles. The van der Waals surface area contributed by atoms with E-state index < -0.39 is 12.0 Å². The minimum atomic E-state index is -1.05. The van der Waals surface area contributed by atoms with Gasteiger partial charge >= 0.3 is 5.97 Å². The summed E-state index contributed by atoms with van der Waals surface area (Å²) >= 11 is 1.33. The molecule has 0 spiro atoms. The summed E-state index contributed by atoms with van der Waals surface area (Å²) in [5.41, 5.74) is 1.81. The molecule has 2 N–H and O–H groups in total. The largest absolute Gasteiger partial charge is 0.480 e. The van der Waals surface area contributed by atoms with Crippen LogP contribution in [-0.2, 0) is 18.3 Å². The molecule has 1 amide bonds. The van der Waals surface area contributed by atoms with E-state index in [1.54, 1.807) is 10.7 Å². The highest BCUT2D eigenvalue weighted by Gasteiger charge is 2.24. The molecule has 2 heterocycles. The Labute approximate surface area is 155 Å². The van der Waals surface area contributed by atoms with E-state index in [9.17, 15) is 14.7 Å². The van der Waals surface area contributed by atoms with E-state index in [1.165, 1.54) is 11.3 Å². The number of aryl methyl sites for hydroxylation is 1. The van der Waals surface area contributed by atoms with Crippen LogP contribution >= 0.6 is 11.3 Å². The van der Waals surface area contributed by atoms with Crippen LogP contribution in [0.2, 0.25) is 0 Å². The van der Waals surface area contributed by atoms with E-state index >= 15 is 0 Å². The van der Waals surface area contributed by atoms with Gasteiger partial charge in [0.15, 0.2) is 0 Å². The fourth-order valence-corrected chi connectivity index (χ4v) is 3.87. The SMILES string of the molecule is CC(C)c1nn(C)c2sc(C(=O)N[C@H](Cc3ccccc3)C(=O)O)cc12. The number of nitrogens with zero attached hydrogens (tertiary/aromatic N) is 2. The summed E-state index contributed by atoms with van der Waals surface area (Å²) in [7, 11) is 1.85. The Morgan fingerprint density at radius 1 is 1.27 bits per heavy atom. The first kappa shape index (κ1) is 18.1. The normalized spacial score (nSPS) is 12.5. The van der Waals surface area contributed by atoms with Gasteiger partial charge < -0.3 is 10.4 Å². The van der Waals surface area contributed by atoms with Crippen molar-refractivity contribution in [2.45, 2.75) is 32.2 Å². The van der Waals surface area contributed by atoms with Crippen LogP contribution in [0.25, 0.3) is 10.2 Å². The van der Waals surface area contributed by atoms with Crippen LogP contribution in [-0.4, -0.2) is 32.8 Å². The van der Waals surface area contributed by atoms with Crippen LogP contribution in [0.5, 0.6) is 0 Å². The Bertz CT molecular complexity index is 944. The van der Waals surface area contributed by atoms with Crippen LogP contribution in [0, 0.1) is 0 Å². The standard InChI is InChI=1S/C19H21N3O3S/c1-11(2)16-13-10-15(26-18(13)22(3)21-16)17(23)20-14(19(24)25)9-12-7-5-4-6-8-12/h4-8,10-11,14H,9H2,1-3H3,(H,20,23)(H,24,25)/t14-/m1/s1. The molecule has 0 saturated heterocycles. The second-order valence-electron chi connectivity index (χ2n) is 6.55. The number of carboxylic acids is 1. The van der Waals surface area contributed by atoms with Crippen molar-refractivity contribution >= 4 is 33.4 Å². The Morgan fingerprint density at radius 2 is 1.96 bits per heavy atom. The van der Waals surface area contributed by atoms with Gasteiger partial charge in [-0.05, 0) is 17.5 Å². The number of hydrogen-bond donors (Lipinski definition) is 2. The fourth-order valence-electron chi connectivity index (χ4n) is 2.88. The summed E-state index contributed by atoms with van der Waals surface area (Å²) in [5, 5.41) is 17.6. The third-order valence-electron chi connectivity index (χ3n) is 4.20. The molecule has 7 heteroatoms. The van der Waals surface area contributed by atoms with Crippen molar-refractivity contribution < 1.29 is 14.7 Å². The first-order valence-corrected chi connectivity index (χ1v) is 9.22. The molecule has 6 nitrogen and oxygen atoms in total. The number of thiophene rings is 1. The monoisotopic (exact) mass is 371 g/mol. The van der Waals surface area contributed by atoms with Crippen molar-refractivity contribution in [3.05, 3.63) is 52.5 Å². The van der Waals surface area contributed by atoms with Gasteiger partial charge in [0.2, 0.25) is 0 Å². The van der Waals surface area contributed by atoms with E-state index in [2.05, 4.69) is 24.3 Å². The highest BCUT2D eigenvalue weighted by atomic mass is 32.1. The molecule has 0 saturated carbocycles. The lowest BCUT2D eigenvalue weighted by Gasteiger charge is -2.14. The average molecular weight is 371 g/mol. The highest BCUT2D eigenvalue weighted by molar-refractivity contribution is 7.20. The highest BCUT2D eigenvalue weighted by Crippen LogP contribution is 2.31. The second-order valence-corrected chi connectivity index (χ2v) is 7.58. The van der Waals surface area contributed by atoms with Gasteiger partial charge in [0, 0.05) is 18.9 Å². The molecule has 0 radical (unpaired) electrons. The number of fused-ring (bicyclic) bond motifs is 1. The first-order chi connectivity index (χ1) is 12.4. The van der Waals surface area contributed by atoms with Crippen LogP contribution in [0.4, 0.5) is 0 Å². The van der Waals surface area contributed by atoms with E-state index in [0.717, 1.165) is 21.5 Å². The van der Waals surface area contributed by atoms with Crippen LogP contribution < -0.4 is 5.32 Å². The lowest BCUT2D eigenvalue weighted by molar-refractivity contribution is -0.139. The number of rotatable bonds is 6. The summed E-state index contributed by atoms with van der Waals surface area (Å²) in [6, 6.07) is 10.1. The van der Waals surface area contributed by atoms with Gasteiger partial charge in [-0.3, -0.25) is 9.48 Å². The van der Waals surface area contributed by atoms with E-state index in [-0.39, 0.29) is 18.2 Å². The fraction of sp³-hybridized carbons (Fsp3) is 0.316. The van der Waals surface area contributed by atoms with Crippen LogP contribution in [0.3, 0.4) is 0 Å². The van der Waals surface area contributed by atoms with Gasteiger partial charge in [-0.15, -0.1) is 11.3 Å². The van der Waals surface area contributed by atoms with Crippen molar-refractivity contribution in [3.63, 3.8) is 0 Å². The molecule has 0 fully saturated rings. The summed E-state index contributed by atoms with van der Waals surface area (Å²) in [4.78, 5) is 25.6. The number of benzene rings is 1. The molecule has 3 rings (SSSR count). The molecule has 0 aliphatic carbocycles. The Kier molecular flexibility index (Phi) is 5.08. The predicted molar refractivity (Wildman–Crippen MR) is 102 cm³/mol. The first-order valence-electron chi connectivity index (χ1n) is 8.41. The molecule has 0 aliphatic rings. The molecule has 1 aromatic carbocycles. The van der Waals surface area contributed by atoms with Gasteiger partial charge in [0.05, 0.1) is 10.6 Å². The third-order valence-corrected chi connectivity index (χ3v) is 5.40. The maximum absolute atomic E-state index is 12.6. The zero-order valence-electron chi connectivity index (χ0n) is 14.9. The summed E-state index contributed by atoms with van der Waals surface area (Å²) < 4.78 is 1.77. The summed E-state index contributed by atoms with van der Waals surface area (Å²) in [6.45, 7) is 4.11. The minimum Gasteiger partial charge on any atom is -0.480 e. The number of aromatic nitrogens is 2. The summed E-state index contributed by atoms with van der Waals surface area (Å²) in [6.07, 6.45) is 0.242. The Balaban J connectivity index is 1.82. The number of carbonyl (C=O) groups is 2. The van der Waals surface area contributed by atoms with Crippen molar-refractivity contribution in [1.29, 1.82) is 0 Å². The minimum absolute atomic E-state index is 0.242. The number of hydrogen-bond acceptors (Lipinski definition) is 4. The van der Waals surface area contributed by atoms with E-state index in [0.29, 0.717) is 4.88 Å². The van der Waals surface area contributed by atoms with Crippen LogP contribution in [0.1, 0.15) is 40.7 Å². The molecular weight excluding hydrogens is 350 g/mol. The van der Waals surface area contributed by atoms with Crippen molar-refractivity contribution in [3.8, 4) is 0 Å². The quantitative estimate of drug-likeness (QED) is 0.697. The maximum Gasteiger partial charge on any atom is 0.326 e. The predicted octanol–water partition coefficient (Wildman–Crippen LogP) is 3.18. The van der Waals surface area contributed by atoms with E-state index in [4.69, 9.17) is 0 Å². The second kappa shape index (κ2) is 7.29. The molecule has 136 valence electrons. The van der Waals surface area contributed by atoms with Crippen LogP contribution in [0.15, 0.2) is 36.4 Å². The Morgan fingerprint density at radius 3 is 2.58 bits per heavy atom. The van der Waals surface area contributed by atoms with Crippen molar-refractivity contribution in [2.75, 3.05) is 0 Å². The lowest BCUT2D eigenvalue weighted by Crippen LogP contribution is -2.42. The van der Waals surface area contributed by atoms with Gasteiger partial charge in [-0.1, -0.05) is 44.2 Å². The molecule has 26 heavy (non-hydrogen) atoms. The van der Waals surface area contributed by atoms with Gasteiger partial charge in [0.25, 0.3) is 5.91 Å². The molecule has 2 aromatic heterocycles. The molecule has 1 atom stereocenters. The Hall–Kier alpha value is -2.67. The zero-order chi connectivity index (χ0) is 18.8. The van der Waals surface area contributed by atoms with Gasteiger partial charge in [-0.25, -0.2) is 4.79 Å². The van der Waals surface area contributed by atoms with Gasteiger partial charge in [-0.2, -0.15) is 5.10 Å². The molecule has 0 bridgehead atoms. The zero-order valence-corrected chi connectivity index (χ0v) is 15.7. The average Bonchev–Trinajstić information content (AvgIpc) is 3.16. The van der Waals surface area contributed by atoms with Gasteiger partial charge in [0.1, 0.15) is 10.9 Å². The van der Waals surface area contributed by atoms with E-state index in [1.807, 2.05) is 37.4 Å². The molecular formula is C19H21N3O3S. The van der Waals surface area contributed by atoms with Crippen molar-refractivity contribution in [1.82, 2.24) is 15.1 Å². The number of aliphatic carboxylic acids is 1.